The molecule has 0 aliphatic heterocycles. The summed E-state index contributed by atoms with van der Waals surface area (Å²) in [6.07, 6.45) is 2.13. The summed E-state index contributed by atoms with van der Waals surface area (Å²) >= 11 is 15.3. The van der Waals surface area contributed by atoms with E-state index in [1.54, 1.807) is 18.2 Å². The van der Waals surface area contributed by atoms with Crippen LogP contribution in [0.3, 0.4) is 0 Å². The minimum atomic E-state index is -0.181. The summed E-state index contributed by atoms with van der Waals surface area (Å²) in [5, 5.41) is 4.82. The zero-order chi connectivity index (χ0) is 14.5. The molecule has 1 amide bonds. The number of halogens is 3. The van der Waals surface area contributed by atoms with Gasteiger partial charge in [-0.05, 0) is 36.5 Å². The molecule has 1 N–H and O–H groups in total. The number of rotatable bonds is 6. The first-order valence-electron chi connectivity index (χ1n) is 6.15. The van der Waals surface area contributed by atoms with Gasteiger partial charge in [0.05, 0.1) is 10.6 Å². The normalized spacial score (nSPS) is 11.4. The van der Waals surface area contributed by atoms with Crippen LogP contribution >= 0.6 is 39.1 Å². The first-order valence-corrected chi connectivity index (χ1v) is 8.03. The maximum atomic E-state index is 12.1. The minimum Gasteiger partial charge on any atom is -0.351 e. The SMILES string of the molecule is CC(C)(CCCBr)CNC(=O)c1cc(Cl)ccc1Cl. The van der Waals surface area contributed by atoms with Gasteiger partial charge in [0.2, 0.25) is 0 Å². The molecular weight excluding hydrogens is 349 g/mol. The van der Waals surface area contributed by atoms with Crippen LogP contribution in [0.15, 0.2) is 18.2 Å². The fraction of sp³-hybridized carbons (Fsp3) is 0.500. The van der Waals surface area contributed by atoms with Gasteiger partial charge in [-0.25, -0.2) is 0 Å². The van der Waals surface area contributed by atoms with Crippen molar-refractivity contribution in [3.63, 3.8) is 0 Å². The van der Waals surface area contributed by atoms with Crippen LogP contribution in [0.2, 0.25) is 10.0 Å². The molecule has 0 aliphatic rings. The predicted octanol–water partition coefficient (Wildman–Crippen LogP) is 4.92. The molecule has 0 heterocycles. The van der Waals surface area contributed by atoms with Crippen LogP contribution in [-0.2, 0) is 0 Å². The Morgan fingerprint density at radius 3 is 2.68 bits per heavy atom. The summed E-state index contributed by atoms with van der Waals surface area (Å²) in [5.74, 6) is -0.181. The second-order valence-electron chi connectivity index (χ2n) is 5.26. The van der Waals surface area contributed by atoms with Gasteiger partial charge in [0.15, 0.2) is 0 Å². The van der Waals surface area contributed by atoms with E-state index in [4.69, 9.17) is 23.2 Å². The van der Waals surface area contributed by atoms with Crippen molar-refractivity contribution in [3.8, 4) is 0 Å². The smallest absolute Gasteiger partial charge is 0.252 e. The van der Waals surface area contributed by atoms with Gasteiger partial charge in [-0.3, -0.25) is 4.79 Å². The number of hydrogen-bond donors (Lipinski definition) is 1. The quantitative estimate of drug-likeness (QED) is 0.711. The Hall–Kier alpha value is -0.250. The van der Waals surface area contributed by atoms with Gasteiger partial charge in [0, 0.05) is 16.9 Å². The van der Waals surface area contributed by atoms with E-state index >= 15 is 0 Å². The number of amides is 1. The van der Waals surface area contributed by atoms with Gasteiger partial charge in [0.25, 0.3) is 5.91 Å². The third-order valence-corrected chi connectivity index (χ3v) is 4.01. The number of hydrogen-bond acceptors (Lipinski definition) is 1. The first-order chi connectivity index (χ1) is 8.85. The van der Waals surface area contributed by atoms with Crippen LogP contribution in [-0.4, -0.2) is 17.8 Å². The summed E-state index contributed by atoms with van der Waals surface area (Å²) in [7, 11) is 0. The number of nitrogens with one attached hydrogen (secondary N) is 1. The van der Waals surface area contributed by atoms with Gasteiger partial charge in [0.1, 0.15) is 0 Å². The molecule has 1 rings (SSSR count). The Morgan fingerprint density at radius 1 is 1.37 bits per heavy atom. The van der Waals surface area contributed by atoms with Crippen molar-refractivity contribution < 1.29 is 4.79 Å². The molecule has 0 saturated heterocycles. The van der Waals surface area contributed by atoms with Crippen molar-refractivity contribution in [2.45, 2.75) is 26.7 Å². The third kappa shape index (κ3) is 5.72. The summed E-state index contributed by atoms with van der Waals surface area (Å²) < 4.78 is 0. The Morgan fingerprint density at radius 2 is 2.05 bits per heavy atom. The average molecular weight is 367 g/mol. The lowest BCUT2D eigenvalue weighted by Gasteiger charge is -2.24. The largest absolute Gasteiger partial charge is 0.351 e. The topological polar surface area (TPSA) is 29.1 Å². The Labute approximate surface area is 133 Å². The average Bonchev–Trinajstić information content (AvgIpc) is 2.36. The summed E-state index contributed by atoms with van der Waals surface area (Å²) in [6, 6.07) is 4.89. The van der Waals surface area contributed by atoms with Crippen LogP contribution in [0.5, 0.6) is 0 Å². The maximum absolute atomic E-state index is 12.1. The molecule has 1 aromatic rings. The van der Waals surface area contributed by atoms with E-state index < -0.39 is 0 Å². The molecule has 2 nitrogen and oxygen atoms in total. The molecule has 0 atom stereocenters. The first kappa shape index (κ1) is 16.8. The van der Waals surface area contributed by atoms with Gasteiger partial charge in [-0.15, -0.1) is 0 Å². The molecule has 0 bridgehead atoms. The van der Waals surface area contributed by atoms with E-state index in [1.165, 1.54) is 0 Å². The highest BCUT2D eigenvalue weighted by molar-refractivity contribution is 9.09. The highest BCUT2D eigenvalue weighted by atomic mass is 79.9. The number of benzene rings is 1. The number of carbonyl (C=O) groups is 1. The fourth-order valence-corrected chi connectivity index (χ4v) is 2.38. The van der Waals surface area contributed by atoms with Crippen LogP contribution in [0.1, 0.15) is 37.0 Å². The number of carbonyl (C=O) groups excluding carboxylic acids is 1. The predicted molar refractivity (Wildman–Crippen MR) is 85.6 cm³/mol. The summed E-state index contributed by atoms with van der Waals surface area (Å²) in [5.41, 5.74) is 0.486. The highest BCUT2D eigenvalue weighted by Gasteiger charge is 2.19. The van der Waals surface area contributed by atoms with Crippen molar-refractivity contribution in [2.24, 2.45) is 5.41 Å². The molecule has 0 aromatic heterocycles. The zero-order valence-electron chi connectivity index (χ0n) is 11.1. The standard InChI is InChI=1S/C14H18BrCl2NO/c1-14(2,6-3-7-15)9-18-13(19)11-8-10(16)4-5-12(11)17/h4-5,8H,3,6-7,9H2,1-2H3,(H,18,19). The molecule has 0 aliphatic carbocycles. The Kier molecular flexibility index (Phi) is 6.64. The van der Waals surface area contributed by atoms with Gasteiger partial charge < -0.3 is 5.32 Å². The van der Waals surface area contributed by atoms with E-state index in [-0.39, 0.29) is 11.3 Å². The van der Waals surface area contributed by atoms with Gasteiger partial charge >= 0.3 is 0 Å². The highest BCUT2D eigenvalue weighted by Crippen LogP contribution is 2.23. The maximum Gasteiger partial charge on any atom is 0.252 e. The van der Waals surface area contributed by atoms with E-state index in [1.807, 2.05) is 0 Å². The lowest BCUT2D eigenvalue weighted by molar-refractivity contribution is 0.0934. The van der Waals surface area contributed by atoms with Crippen molar-refractivity contribution >= 4 is 45.0 Å². The van der Waals surface area contributed by atoms with Crippen LogP contribution in [0.4, 0.5) is 0 Å². The zero-order valence-corrected chi connectivity index (χ0v) is 14.2. The Balaban J connectivity index is 2.62. The van der Waals surface area contributed by atoms with Crippen LogP contribution in [0.25, 0.3) is 0 Å². The van der Waals surface area contributed by atoms with Crippen molar-refractivity contribution in [2.75, 3.05) is 11.9 Å². The molecule has 0 spiro atoms. The van der Waals surface area contributed by atoms with E-state index in [2.05, 4.69) is 35.1 Å². The van der Waals surface area contributed by atoms with Crippen molar-refractivity contribution in [1.29, 1.82) is 0 Å². The molecule has 0 saturated carbocycles. The van der Waals surface area contributed by atoms with Crippen LogP contribution in [0, 0.1) is 5.41 Å². The molecule has 1 aromatic carbocycles. The number of alkyl halides is 1. The fourth-order valence-electron chi connectivity index (χ4n) is 1.72. The molecule has 5 heteroatoms. The van der Waals surface area contributed by atoms with E-state index in [0.717, 1.165) is 18.2 Å². The summed E-state index contributed by atoms with van der Waals surface area (Å²) in [4.78, 5) is 12.1. The van der Waals surface area contributed by atoms with Gasteiger partial charge in [-0.2, -0.15) is 0 Å². The molecule has 0 fully saturated rings. The second kappa shape index (κ2) is 7.51. The molecular formula is C14H18BrCl2NO. The molecule has 0 unspecified atom stereocenters. The lowest BCUT2D eigenvalue weighted by Crippen LogP contribution is -2.34. The van der Waals surface area contributed by atoms with Crippen molar-refractivity contribution in [1.82, 2.24) is 5.32 Å². The van der Waals surface area contributed by atoms with Gasteiger partial charge in [-0.1, -0.05) is 53.0 Å². The molecule has 106 valence electrons. The Bertz CT molecular complexity index is 449. The second-order valence-corrected chi connectivity index (χ2v) is 6.90. The lowest BCUT2D eigenvalue weighted by atomic mass is 9.88. The minimum absolute atomic E-state index is 0.0640. The molecule has 19 heavy (non-hydrogen) atoms. The van der Waals surface area contributed by atoms with E-state index in [0.29, 0.717) is 22.2 Å². The monoisotopic (exact) mass is 365 g/mol. The molecule has 0 radical (unpaired) electrons. The summed E-state index contributed by atoms with van der Waals surface area (Å²) in [6.45, 7) is 4.88. The third-order valence-electron chi connectivity index (χ3n) is 2.89. The van der Waals surface area contributed by atoms with Crippen molar-refractivity contribution in [3.05, 3.63) is 33.8 Å². The van der Waals surface area contributed by atoms with E-state index in [9.17, 15) is 4.79 Å². The van der Waals surface area contributed by atoms with Crippen LogP contribution < -0.4 is 5.32 Å².